The van der Waals surface area contributed by atoms with E-state index in [1.807, 2.05) is 18.4 Å². The second-order valence-corrected chi connectivity index (χ2v) is 4.52. The fourth-order valence-corrected chi connectivity index (χ4v) is 2.95. The van der Waals surface area contributed by atoms with E-state index in [2.05, 4.69) is 0 Å². The van der Waals surface area contributed by atoms with Crippen LogP contribution in [-0.2, 0) is 5.41 Å². The van der Waals surface area contributed by atoms with E-state index < -0.39 is 11.3 Å². The van der Waals surface area contributed by atoms with E-state index in [0.29, 0.717) is 0 Å². The first-order valence-corrected chi connectivity index (χ1v) is 5.04. The molecule has 1 saturated carbocycles. The van der Waals surface area contributed by atoms with Crippen molar-refractivity contribution in [1.29, 1.82) is 0 Å². The Balaban J connectivity index is 2.41. The van der Waals surface area contributed by atoms with E-state index in [0.717, 1.165) is 10.4 Å². The molecule has 4 heteroatoms. The summed E-state index contributed by atoms with van der Waals surface area (Å²) in [6.45, 7) is 1.90. The Bertz CT molecular complexity index is 334. The van der Waals surface area contributed by atoms with Crippen molar-refractivity contribution < 1.29 is 8.78 Å². The lowest BCUT2D eigenvalue weighted by molar-refractivity contribution is 0.0903. The van der Waals surface area contributed by atoms with Crippen molar-refractivity contribution >= 4 is 11.3 Å². The first kappa shape index (κ1) is 9.09. The normalized spacial score (nSPS) is 30.5. The average molecular weight is 203 g/mol. The van der Waals surface area contributed by atoms with Gasteiger partial charge in [-0.25, -0.2) is 8.78 Å². The number of aryl methyl sites for hydroxylation is 1. The molecule has 1 atom stereocenters. The zero-order valence-electron chi connectivity index (χ0n) is 7.31. The second kappa shape index (κ2) is 2.51. The number of hydrogen-bond donors (Lipinski definition) is 1. The zero-order chi connectivity index (χ0) is 9.69. The molecule has 2 rings (SSSR count). The van der Waals surface area contributed by atoms with Crippen LogP contribution in [0, 0.1) is 6.92 Å². The molecule has 0 saturated heterocycles. The lowest BCUT2D eigenvalue weighted by atomic mass is 10.0. The monoisotopic (exact) mass is 203 g/mol. The Kier molecular flexibility index (Phi) is 1.76. The standard InChI is InChI=1S/C9H11F2NS/c1-6-2-3-13-7(6)8(5-12)4-9(8,10)11/h2-3H,4-5,12H2,1H3. The molecule has 13 heavy (non-hydrogen) atoms. The van der Waals surface area contributed by atoms with Gasteiger partial charge in [-0.15, -0.1) is 11.3 Å². The Labute approximate surface area is 79.6 Å². The van der Waals surface area contributed by atoms with Gasteiger partial charge in [0, 0.05) is 17.8 Å². The summed E-state index contributed by atoms with van der Waals surface area (Å²) in [5, 5.41) is 1.84. The summed E-state index contributed by atoms with van der Waals surface area (Å²) in [5.74, 6) is -2.59. The van der Waals surface area contributed by atoms with E-state index >= 15 is 0 Å². The molecular weight excluding hydrogens is 192 g/mol. The molecule has 0 bridgehead atoms. The SMILES string of the molecule is Cc1ccsc1C1(CN)CC1(F)F. The van der Waals surface area contributed by atoms with Crippen LogP contribution in [0.1, 0.15) is 16.9 Å². The average Bonchev–Trinajstić information content (AvgIpc) is 2.43. The van der Waals surface area contributed by atoms with Crippen LogP contribution >= 0.6 is 11.3 Å². The zero-order valence-corrected chi connectivity index (χ0v) is 8.13. The molecule has 1 fully saturated rings. The molecule has 1 heterocycles. The summed E-state index contributed by atoms with van der Waals surface area (Å²) in [4.78, 5) is 0.764. The maximum atomic E-state index is 13.1. The maximum absolute atomic E-state index is 13.1. The third-order valence-electron chi connectivity index (χ3n) is 2.74. The predicted octanol–water partition coefficient (Wildman–Crippen LogP) is 2.29. The lowest BCUT2D eigenvalue weighted by Crippen LogP contribution is -2.26. The van der Waals surface area contributed by atoms with Crippen LogP contribution in [-0.4, -0.2) is 12.5 Å². The predicted molar refractivity (Wildman–Crippen MR) is 49.4 cm³/mol. The highest BCUT2D eigenvalue weighted by molar-refractivity contribution is 7.10. The van der Waals surface area contributed by atoms with Gasteiger partial charge < -0.3 is 5.73 Å². The van der Waals surface area contributed by atoms with Gasteiger partial charge in [0.25, 0.3) is 5.92 Å². The smallest absolute Gasteiger partial charge is 0.261 e. The largest absolute Gasteiger partial charge is 0.329 e. The Hall–Kier alpha value is -0.480. The summed E-state index contributed by atoms with van der Waals surface area (Å²) < 4.78 is 26.2. The van der Waals surface area contributed by atoms with E-state index in [1.165, 1.54) is 11.3 Å². The van der Waals surface area contributed by atoms with Gasteiger partial charge in [-0.3, -0.25) is 0 Å². The van der Waals surface area contributed by atoms with E-state index in [9.17, 15) is 8.78 Å². The fourth-order valence-electron chi connectivity index (χ4n) is 1.76. The van der Waals surface area contributed by atoms with Gasteiger partial charge >= 0.3 is 0 Å². The molecular formula is C9H11F2NS. The second-order valence-electron chi connectivity index (χ2n) is 3.60. The van der Waals surface area contributed by atoms with Gasteiger partial charge in [-0.1, -0.05) is 0 Å². The molecule has 2 N–H and O–H groups in total. The van der Waals surface area contributed by atoms with Crippen molar-refractivity contribution in [2.24, 2.45) is 5.73 Å². The third kappa shape index (κ3) is 1.05. The van der Waals surface area contributed by atoms with Crippen LogP contribution in [0.5, 0.6) is 0 Å². The molecule has 0 aliphatic heterocycles. The number of thiophene rings is 1. The van der Waals surface area contributed by atoms with Gasteiger partial charge in [0.05, 0.1) is 5.41 Å². The maximum Gasteiger partial charge on any atom is 0.261 e. The highest BCUT2D eigenvalue weighted by atomic mass is 32.1. The van der Waals surface area contributed by atoms with Crippen LogP contribution in [0.15, 0.2) is 11.4 Å². The van der Waals surface area contributed by atoms with Crippen LogP contribution in [0.4, 0.5) is 8.78 Å². The van der Waals surface area contributed by atoms with Gasteiger partial charge in [0.15, 0.2) is 0 Å². The third-order valence-corrected chi connectivity index (χ3v) is 3.96. The topological polar surface area (TPSA) is 26.0 Å². The molecule has 1 nitrogen and oxygen atoms in total. The van der Waals surface area contributed by atoms with Crippen molar-refractivity contribution in [1.82, 2.24) is 0 Å². The van der Waals surface area contributed by atoms with E-state index in [4.69, 9.17) is 5.73 Å². The minimum absolute atomic E-state index is 0.0430. The number of rotatable bonds is 2. The molecule has 0 radical (unpaired) electrons. The first-order valence-electron chi connectivity index (χ1n) is 4.16. The van der Waals surface area contributed by atoms with Gasteiger partial charge in [0.2, 0.25) is 0 Å². The van der Waals surface area contributed by atoms with Gasteiger partial charge in [-0.05, 0) is 23.9 Å². The molecule has 0 amide bonds. The summed E-state index contributed by atoms with van der Waals surface area (Å²) in [7, 11) is 0. The summed E-state index contributed by atoms with van der Waals surface area (Å²) >= 11 is 1.39. The van der Waals surface area contributed by atoms with E-state index in [1.54, 1.807) is 0 Å². The van der Waals surface area contributed by atoms with Crippen molar-refractivity contribution in [3.63, 3.8) is 0 Å². The van der Waals surface area contributed by atoms with Gasteiger partial charge in [0.1, 0.15) is 0 Å². The minimum Gasteiger partial charge on any atom is -0.329 e. The molecule has 1 unspecified atom stereocenters. The van der Waals surface area contributed by atoms with Crippen molar-refractivity contribution in [2.45, 2.75) is 24.7 Å². The highest BCUT2D eigenvalue weighted by Crippen LogP contribution is 2.62. The molecule has 1 aromatic heterocycles. The van der Waals surface area contributed by atoms with Crippen LogP contribution < -0.4 is 5.73 Å². The molecule has 0 aromatic carbocycles. The van der Waals surface area contributed by atoms with Crippen LogP contribution in [0.25, 0.3) is 0 Å². The quantitative estimate of drug-likeness (QED) is 0.784. The summed E-state index contributed by atoms with van der Waals surface area (Å²) in [6, 6.07) is 1.87. The molecule has 1 aliphatic rings. The number of nitrogens with two attached hydrogens (primary N) is 1. The Morgan fingerprint density at radius 2 is 2.23 bits per heavy atom. The van der Waals surface area contributed by atoms with Gasteiger partial charge in [-0.2, -0.15) is 0 Å². The fraction of sp³-hybridized carbons (Fsp3) is 0.556. The number of alkyl halides is 2. The molecule has 1 aromatic rings. The number of hydrogen-bond acceptors (Lipinski definition) is 2. The number of halogens is 2. The lowest BCUT2D eigenvalue weighted by Gasteiger charge is -2.12. The summed E-state index contributed by atoms with van der Waals surface area (Å²) in [5.41, 5.74) is 5.33. The molecule has 0 spiro atoms. The van der Waals surface area contributed by atoms with Crippen molar-refractivity contribution in [2.75, 3.05) is 6.54 Å². The van der Waals surface area contributed by atoms with Crippen LogP contribution in [0.2, 0.25) is 0 Å². The minimum atomic E-state index is -2.59. The Morgan fingerprint density at radius 1 is 1.62 bits per heavy atom. The molecule has 72 valence electrons. The van der Waals surface area contributed by atoms with Crippen LogP contribution in [0.3, 0.4) is 0 Å². The summed E-state index contributed by atoms with van der Waals surface area (Å²) in [6.07, 6.45) is -0.0855. The van der Waals surface area contributed by atoms with Crippen molar-refractivity contribution in [3.05, 3.63) is 21.9 Å². The van der Waals surface area contributed by atoms with Crippen molar-refractivity contribution in [3.8, 4) is 0 Å². The molecule has 1 aliphatic carbocycles. The highest BCUT2D eigenvalue weighted by Gasteiger charge is 2.72. The Morgan fingerprint density at radius 3 is 2.54 bits per heavy atom. The first-order chi connectivity index (χ1) is 6.03. The van der Waals surface area contributed by atoms with E-state index in [-0.39, 0.29) is 13.0 Å².